The zero-order chi connectivity index (χ0) is 15.2. The van der Waals surface area contributed by atoms with E-state index in [1.54, 1.807) is 12.4 Å². The fourth-order valence-electron chi connectivity index (χ4n) is 3.41. The Hall–Kier alpha value is -1.09. The fourth-order valence-corrected chi connectivity index (χ4v) is 3.41. The van der Waals surface area contributed by atoms with Crippen LogP contribution in [0.15, 0.2) is 18.5 Å². The van der Waals surface area contributed by atoms with Gasteiger partial charge in [0.05, 0.1) is 18.4 Å². The first kappa shape index (κ1) is 16.3. The molecule has 1 saturated carbocycles. The Morgan fingerprint density at radius 1 is 1.24 bits per heavy atom. The van der Waals surface area contributed by atoms with Gasteiger partial charge in [-0.1, -0.05) is 32.6 Å². The minimum atomic E-state index is -0.407. The van der Waals surface area contributed by atoms with E-state index in [2.05, 4.69) is 11.9 Å². The zero-order valence-electron chi connectivity index (χ0n) is 13.6. The van der Waals surface area contributed by atoms with Crippen LogP contribution in [-0.4, -0.2) is 16.2 Å². The molecule has 118 valence electrons. The molecule has 0 aromatic carbocycles. The maximum Gasteiger partial charge on any atom is 0.138 e. The number of aliphatic hydroxyl groups excluding tert-OH is 1. The van der Waals surface area contributed by atoms with Crippen LogP contribution < -0.4 is 4.74 Å². The van der Waals surface area contributed by atoms with E-state index < -0.39 is 6.10 Å². The number of rotatable bonds is 6. The van der Waals surface area contributed by atoms with Crippen molar-refractivity contribution < 1.29 is 9.84 Å². The van der Waals surface area contributed by atoms with Crippen molar-refractivity contribution in [1.82, 2.24) is 4.98 Å². The van der Waals surface area contributed by atoms with Crippen molar-refractivity contribution in [2.24, 2.45) is 11.8 Å². The van der Waals surface area contributed by atoms with E-state index in [9.17, 15) is 5.11 Å². The van der Waals surface area contributed by atoms with Crippen molar-refractivity contribution in [3.05, 3.63) is 24.0 Å². The standard InChI is InChI=1S/C18H29NO2/c1-4-5-14-6-8-15(9-7-14)18(20)16-10-17(12-19-11-16)21-13(2)3/h10-15,18,20H,4-9H2,1-3H3. The average molecular weight is 291 g/mol. The van der Waals surface area contributed by atoms with Crippen LogP contribution in [0.5, 0.6) is 5.75 Å². The summed E-state index contributed by atoms with van der Waals surface area (Å²) in [6, 6.07) is 1.94. The first-order valence-corrected chi connectivity index (χ1v) is 8.39. The van der Waals surface area contributed by atoms with Crippen LogP contribution in [0, 0.1) is 11.8 Å². The molecule has 1 unspecified atom stereocenters. The highest BCUT2D eigenvalue weighted by Crippen LogP contribution is 2.38. The highest BCUT2D eigenvalue weighted by Gasteiger charge is 2.27. The third kappa shape index (κ3) is 4.70. The molecule has 1 heterocycles. The molecule has 1 aromatic rings. The Balaban J connectivity index is 1.95. The monoisotopic (exact) mass is 291 g/mol. The minimum absolute atomic E-state index is 0.128. The smallest absolute Gasteiger partial charge is 0.138 e. The Labute approximate surface area is 128 Å². The van der Waals surface area contributed by atoms with Crippen LogP contribution in [0.4, 0.5) is 0 Å². The SMILES string of the molecule is CCCC1CCC(C(O)c2cncc(OC(C)C)c2)CC1. The average Bonchev–Trinajstić information content (AvgIpc) is 2.47. The van der Waals surface area contributed by atoms with E-state index in [0.29, 0.717) is 5.92 Å². The van der Waals surface area contributed by atoms with Crippen molar-refractivity contribution in [3.63, 3.8) is 0 Å². The van der Waals surface area contributed by atoms with Crippen LogP contribution in [-0.2, 0) is 0 Å². The summed E-state index contributed by atoms with van der Waals surface area (Å²) in [5, 5.41) is 10.6. The van der Waals surface area contributed by atoms with Crippen LogP contribution >= 0.6 is 0 Å². The van der Waals surface area contributed by atoms with E-state index in [4.69, 9.17) is 4.74 Å². The Morgan fingerprint density at radius 2 is 1.95 bits per heavy atom. The molecule has 0 bridgehead atoms. The molecule has 1 fully saturated rings. The highest BCUT2D eigenvalue weighted by atomic mass is 16.5. The Bertz CT molecular complexity index is 425. The van der Waals surface area contributed by atoms with Gasteiger partial charge in [0.2, 0.25) is 0 Å². The molecular weight excluding hydrogens is 262 g/mol. The summed E-state index contributed by atoms with van der Waals surface area (Å²) in [5.41, 5.74) is 0.895. The number of aliphatic hydroxyl groups is 1. The lowest BCUT2D eigenvalue weighted by molar-refractivity contribution is 0.0716. The Morgan fingerprint density at radius 3 is 2.57 bits per heavy atom. The molecule has 1 atom stereocenters. The summed E-state index contributed by atoms with van der Waals surface area (Å²) in [5.74, 6) is 1.99. The van der Waals surface area contributed by atoms with Crippen molar-refractivity contribution >= 4 is 0 Å². The van der Waals surface area contributed by atoms with Gasteiger partial charge < -0.3 is 9.84 Å². The van der Waals surface area contributed by atoms with Gasteiger partial charge >= 0.3 is 0 Å². The third-order valence-corrected chi connectivity index (χ3v) is 4.48. The molecule has 1 aromatic heterocycles. The summed E-state index contributed by atoms with van der Waals surface area (Å²) in [4.78, 5) is 4.21. The summed E-state index contributed by atoms with van der Waals surface area (Å²) in [6.45, 7) is 6.25. The van der Waals surface area contributed by atoms with E-state index in [0.717, 1.165) is 30.1 Å². The summed E-state index contributed by atoms with van der Waals surface area (Å²) in [7, 11) is 0. The minimum Gasteiger partial charge on any atom is -0.489 e. The second-order valence-corrected chi connectivity index (χ2v) is 6.63. The van der Waals surface area contributed by atoms with Gasteiger partial charge in [0.25, 0.3) is 0 Å². The number of aromatic nitrogens is 1. The van der Waals surface area contributed by atoms with Gasteiger partial charge in [-0.3, -0.25) is 4.98 Å². The Kier molecular flexibility index (Phi) is 6.04. The van der Waals surface area contributed by atoms with Gasteiger partial charge in [-0.2, -0.15) is 0 Å². The fraction of sp³-hybridized carbons (Fsp3) is 0.722. The lowest BCUT2D eigenvalue weighted by Crippen LogP contribution is -2.20. The molecular formula is C18H29NO2. The molecule has 2 rings (SSSR count). The zero-order valence-corrected chi connectivity index (χ0v) is 13.6. The van der Waals surface area contributed by atoms with Gasteiger partial charge in [0.1, 0.15) is 5.75 Å². The highest BCUT2D eigenvalue weighted by molar-refractivity contribution is 5.25. The van der Waals surface area contributed by atoms with E-state index in [-0.39, 0.29) is 6.10 Å². The lowest BCUT2D eigenvalue weighted by atomic mass is 9.76. The molecule has 0 aliphatic heterocycles. The van der Waals surface area contributed by atoms with Crippen LogP contribution in [0.25, 0.3) is 0 Å². The predicted molar refractivity (Wildman–Crippen MR) is 85.3 cm³/mol. The van der Waals surface area contributed by atoms with Crippen LogP contribution in [0.2, 0.25) is 0 Å². The second-order valence-electron chi connectivity index (χ2n) is 6.63. The molecule has 1 aliphatic rings. The molecule has 3 nitrogen and oxygen atoms in total. The number of hydrogen-bond donors (Lipinski definition) is 1. The van der Waals surface area contributed by atoms with Gasteiger partial charge in [-0.25, -0.2) is 0 Å². The van der Waals surface area contributed by atoms with Crippen LogP contribution in [0.3, 0.4) is 0 Å². The number of ether oxygens (including phenoxy) is 1. The van der Waals surface area contributed by atoms with Gasteiger partial charge in [0.15, 0.2) is 0 Å². The second kappa shape index (κ2) is 7.79. The molecule has 3 heteroatoms. The van der Waals surface area contributed by atoms with Crippen molar-refractivity contribution in [2.75, 3.05) is 0 Å². The van der Waals surface area contributed by atoms with Crippen molar-refractivity contribution in [3.8, 4) is 5.75 Å². The molecule has 21 heavy (non-hydrogen) atoms. The first-order chi connectivity index (χ1) is 10.1. The van der Waals surface area contributed by atoms with Gasteiger partial charge in [0, 0.05) is 11.8 Å². The molecule has 1 aliphatic carbocycles. The number of pyridine rings is 1. The lowest BCUT2D eigenvalue weighted by Gasteiger charge is -2.31. The molecule has 0 saturated heterocycles. The van der Waals surface area contributed by atoms with E-state index in [1.807, 2.05) is 19.9 Å². The van der Waals surface area contributed by atoms with Crippen molar-refractivity contribution in [2.45, 2.75) is 71.5 Å². The van der Waals surface area contributed by atoms with Crippen LogP contribution in [0.1, 0.15) is 71.0 Å². The first-order valence-electron chi connectivity index (χ1n) is 8.39. The third-order valence-electron chi connectivity index (χ3n) is 4.48. The van der Waals surface area contributed by atoms with Gasteiger partial charge in [-0.15, -0.1) is 0 Å². The van der Waals surface area contributed by atoms with Crippen molar-refractivity contribution in [1.29, 1.82) is 0 Å². The summed E-state index contributed by atoms with van der Waals surface area (Å²) in [6.07, 6.45) is 10.6. The maximum absolute atomic E-state index is 10.6. The largest absolute Gasteiger partial charge is 0.489 e. The van der Waals surface area contributed by atoms with E-state index in [1.165, 1.54) is 25.7 Å². The summed E-state index contributed by atoms with van der Waals surface area (Å²) >= 11 is 0. The topological polar surface area (TPSA) is 42.4 Å². The van der Waals surface area contributed by atoms with Gasteiger partial charge in [-0.05, 0) is 44.6 Å². The molecule has 0 radical (unpaired) electrons. The molecule has 0 amide bonds. The summed E-state index contributed by atoms with van der Waals surface area (Å²) < 4.78 is 5.67. The number of hydrogen-bond acceptors (Lipinski definition) is 3. The predicted octanol–water partition coefficient (Wildman–Crippen LogP) is 4.51. The normalized spacial score (nSPS) is 24.0. The quantitative estimate of drug-likeness (QED) is 0.838. The van der Waals surface area contributed by atoms with E-state index >= 15 is 0 Å². The number of nitrogens with zero attached hydrogens (tertiary/aromatic N) is 1. The molecule has 1 N–H and O–H groups in total. The maximum atomic E-state index is 10.6. The molecule has 0 spiro atoms.